The summed E-state index contributed by atoms with van der Waals surface area (Å²) >= 11 is 0. The van der Waals surface area contributed by atoms with Gasteiger partial charge < -0.3 is 10.4 Å². The van der Waals surface area contributed by atoms with E-state index in [0.717, 1.165) is 0 Å². The van der Waals surface area contributed by atoms with Crippen molar-refractivity contribution >= 4 is 21.6 Å². The van der Waals surface area contributed by atoms with E-state index in [0.29, 0.717) is 36.9 Å². The van der Waals surface area contributed by atoms with Gasteiger partial charge in [-0.3, -0.25) is 4.79 Å². The van der Waals surface area contributed by atoms with Crippen LogP contribution >= 0.6 is 0 Å². The highest BCUT2D eigenvalue weighted by Gasteiger charge is 2.25. The highest BCUT2D eigenvalue weighted by molar-refractivity contribution is 7.89. The van der Waals surface area contributed by atoms with Gasteiger partial charge in [0.15, 0.2) is 0 Å². The lowest BCUT2D eigenvalue weighted by Crippen LogP contribution is -2.38. The van der Waals surface area contributed by atoms with E-state index in [9.17, 15) is 22.7 Å². The first kappa shape index (κ1) is 20.4. The summed E-state index contributed by atoms with van der Waals surface area (Å²) in [5, 5.41) is 12.2. The van der Waals surface area contributed by atoms with Crippen molar-refractivity contribution < 1.29 is 22.7 Å². The minimum Gasteiger partial charge on any atom is -0.393 e. The van der Waals surface area contributed by atoms with E-state index in [1.54, 1.807) is 6.92 Å². The molecule has 150 valence electrons. The molecule has 6 nitrogen and oxygen atoms in total. The number of rotatable bonds is 5. The molecule has 0 bridgehead atoms. The third-order valence-electron chi connectivity index (χ3n) is 4.84. The molecule has 1 saturated carbocycles. The summed E-state index contributed by atoms with van der Waals surface area (Å²) in [4.78, 5) is 12.5. The number of anilines is 1. The van der Waals surface area contributed by atoms with Crippen LogP contribution in [0.25, 0.3) is 0 Å². The van der Waals surface area contributed by atoms with E-state index in [1.807, 2.05) is 0 Å². The zero-order valence-corrected chi connectivity index (χ0v) is 16.3. The van der Waals surface area contributed by atoms with Gasteiger partial charge >= 0.3 is 0 Å². The molecule has 0 aliphatic heterocycles. The van der Waals surface area contributed by atoms with Crippen LogP contribution in [0.15, 0.2) is 47.4 Å². The summed E-state index contributed by atoms with van der Waals surface area (Å²) in [5.74, 6) is -0.851. The van der Waals surface area contributed by atoms with Crippen molar-refractivity contribution in [2.45, 2.75) is 49.6 Å². The zero-order valence-electron chi connectivity index (χ0n) is 15.5. The molecule has 1 aliphatic carbocycles. The van der Waals surface area contributed by atoms with E-state index >= 15 is 0 Å². The number of hydrogen-bond donors (Lipinski definition) is 3. The lowest BCUT2D eigenvalue weighted by Gasteiger charge is -2.26. The smallest absolute Gasteiger partial charge is 0.255 e. The van der Waals surface area contributed by atoms with Gasteiger partial charge in [-0.15, -0.1) is 0 Å². The fraction of sp³-hybridized carbons (Fsp3) is 0.350. The van der Waals surface area contributed by atoms with Crippen LogP contribution in [0.2, 0.25) is 0 Å². The van der Waals surface area contributed by atoms with Crippen LogP contribution in [0, 0.1) is 12.7 Å². The van der Waals surface area contributed by atoms with Gasteiger partial charge in [0, 0.05) is 17.3 Å². The second-order valence-corrected chi connectivity index (χ2v) is 8.79. The van der Waals surface area contributed by atoms with Crippen molar-refractivity contribution in [1.82, 2.24) is 4.72 Å². The molecule has 0 unspecified atom stereocenters. The van der Waals surface area contributed by atoms with Crippen LogP contribution in [-0.2, 0) is 10.0 Å². The number of aliphatic hydroxyl groups is 1. The quantitative estimate of drug-likeness (QED) is 0.711. The molecule has 0 radical (unpaired) electrons. The van der Waals surface area contributed by atoms with E-state index in [-0.39, 0.29) is 28.4 Å². The van der Waals surface area contributed by atoms with Gasteiger partial charge in [0.2, 0.25) is 10.0 Å². The first-order chi connectivity index (χ1) is 13.2. The van der Waals surface area contributed by atoms with Crippen molar-refractivity contribution in [2.75, 3.05) is 5.32 Å². The minimum absolute atomic E-state index is 0.00144. The molecule has 28 heavy (non-hydrogen) atoms. The molecular formula is C20H23FN2O4S. The first-order valence-electron chi connectivity index (χ1n) is 9.12. The van der Waals surface area contributed by atoms with Crippen LogP contribution in [0.4, 0.5) is 10.1 Å². The van der Waals surface area contributed by atoms with Crippen LogP contribution in [0.1, 0.15) is 41.6 Å². The Morgan fingerprint density at radius 3 is 2.50 bits per heavy atom. The number of aliphatic hydroxyl groups excluding tert-OH is 1. The average Bonchev–Trinajstić information content (AvgIpc) is 2.66. The van der Waals surface area contributed by atoms with Gasteiger partial charge in [-0.1, -0.05) is 6.07 Å². The summed E-state index contributed by atoms with van der Waals surface area (Å²) in [6.45, 7) is 1.59. The second kappa shape index (κ2) is 8.38. The third-order valence-corrected chi connectivity index (χ3v) is 6.36. The number of amides is 1. The van der Waals surface area contributed by atoms with Crippen LogP contribution in [0.5, 0.6) is 0 Å². The Hall–Kier alpha value is -2.29. The van der Waals surface area contributed by atoms with Crippen LogP contribution in [0.3, 0.4) is 0 Å². The number of hydrogen-bond acceptors (Lipinski definition) is 4. The molecule has 3 rings (SSSR count). The molecule has 2 aromatic rings. The highest BCUT2D eigenvalue weighted by atomic mass is 32.2. The molecule has 1 amide bonds. The molecule has 3 N–H and O–H groups in total. The summed E-state index contributed by atoms with van der Waals surface area (Å²) in [6, 6.07) is 9.74. The molecule has 0 atom stereocenters. The lowest BCUT2D eigenvalue weighted by atomic mass is 9.94. The Labute approximate surface area is 163 Å². The van der Waals surface area contributed by atoms with Gasteiger partial charge in [-0.25, -0.2) is 17.5 Å². The second-order valence-electron chi connectivity index (χ2n) is 7.07. The lowest BCUT2D eigenvalue weighted by molar-refractivity contribution is 0.102. The van der Waals surface area contributed by atoms with Crippen molar-refractivity contribution in [1.29, 1.82) is 0 Å². The predicted molar refractivity (Wildman–Crippen MR) is 104 cm³/mol. The number of aryl methyl sites for hydroxylation is 1. The zero-order chi connectivity index (χ0) is 20.3. The van der Waals surface area contributed by atoms with Gasteiger partial charge in [0.25, 0.3) is 5.91 Å². The summed E-state index contributed by atoms with van der Waals surface area (Å²) in [7, 11) is -3.78. The molecule has 0 heterocycles. The molecule has 0 saturated heterocycles. The number of sulfonamides is 1. The largest absolute Gasteiger partial charge is 0.393 e. The third kappa shape index (κ3) is 4.95. The number of carbonyl (C=O) groups excluding carboxylic acids is 1. The molecule has 2 aromatic carbocycles. The Morgan fingerprint density at radius 1 is 1.11 bits per heavy atom. The van der Waals surface area contributed by atoms with Crippen LogP contribution < -0.4 is 10.0 Å². The average molecular weight is 406 g/mol. The number of nitrogens with one attached hydrogen (secondary N) is 2. The number of benzene rings is 2. The maximum atomic E-state index is 13.4. The molecular weight excluding hydrogens is 383 g/mol. The fourth-order valence-electron chi connectivity index (χ4n) is 3.21. The fourth-order valence-corrected chi connectivity index (χ4v) is 4.56. The van der Waals surface area contributed by atoms with Gasteiger partial charge in [0.1, 0.15) is 5.82 Å². The van der Waals surface area contributed by atoms with Crippen molar-refractivity contribution in [2.24, 2.45) is 0 Å². The van der Waals surface area contributed by atoms with Crippen molar-refractivity contribution in [3.63, 3.8) is 0 Å². The maximum Gasteiger partial charge on any atom is 0.255 e. The Morgan fingerprint density at radius 2 is 1.82 bits per heavy atom. The molecule has 0 spiro atoms. The normalized spacial score (nSPS) is 20.0. The summed E-state index contributed by atoms with van der Waals surface area (Å²) in [5.41, 5.74) is 1.01. The predicted octanol–water partition coefficient (Wildman–Crippen LogP) is 2.97. The van der Waals surface area contributed by atoms with Crippen molar-refractivity contribution in [3.05, 3.63) is 59.4 Å². The highest BCUT2D eigenvalue weighted by Crippen LogP contribution is 2.21. The van der Waals surface area contributed by atoms with Crippen molar-refractivity contribution in [3.8, 4) is 0 Å². The molecule has 1 aliphatic rings. The van der Waals surface area contributed by atoms with Crippen LogP contribution in [-0.4, -0.2) is 31.6 Å². The maximum absolute atomic E-state index is 13.4. The first-order valence-corrected chi connectivity index (χ1v) is 10.6. The molecule has 1 fully saturated rings. The Bertz CT molecular complexity index is 970. The van der Waals surface area contributed by atoms with E-state index in [1.165, 1.54) is 42.5 Å². The van der Waals surface area contributed by atoms with Gasteiger partial charge in [-0.2, -0.15) is 0 Å². The Balaban J connectivity index is 1.73. The number of halogens is 1. The Kier molecular flexibility index (Phi) is 6.12. The molecule has 8 heteroatoms. The van der Waals surface area contributed by atoms with E-state index in [2.05, 4.69) is 10.0 Å². The van der Waals surface area contributed by atoms with Gasteiger partial charge in [0.05, 0.1) is 11.0 Å². The summed E-state index contributed by atoms with van der Waals surface area (Å²) < 4.78 is 41.3. The molecule has 0 aromatic heterocycles. The van der Waals surface area contributed by atoms with E-state index in [4.69, 9.17) is 0 Å². The topological polar surface area (TPSA) is 95.5 Å². The SMILES string of the molecule is Cc1cc(NC(=O)c2cccc(S(=O)(=O)N[C@H]3CC[C@H](O)CC3)c2)ccc1F. The van der Waals surface area contributed by atoms with Gasteiger partial charge in [-0.05, 0) is 74.6 Å². The monoisotopic (exact) mass is 406 g/mol. The van der Waals surface area contributed by atoms with E-state index < -0.39 is 15.9 Å². The minimum atomic E-state index is -3.78. The standard InChI is InChI=1S/C20H23FN2O4S/c1-13-11-16(7-10-19(13)21)22-20(25)14-3-2-4-18(12-14)28(26,27)23-15-5-8-17(24)9-6-15/h2-4,7,10-12,15,17,23-24H,5-6,8-9H2,1H3,(H,22,25)/t15-,17-. The number of carbonyl (C=O) groups is 1. The summed E-state index contributed by atoms with van der Waals surface area (Å²) in [6.07, 6.45) is 1.90.